The summed E-state index contributed by atoms with van der Waals surface area (Å²) in [6, 6.07) is 6.14. The molecule has 1 N–H and O–H groups in total. The first-order valence-electron chi connectivity index (χ1n) is 10.2. The highest BCUT2D eigenvalue weighted by Crippen LogP contribution is 2.35. The third kappa shape index (κ3) is 4.00. The van der Waals surface area contributed by atoms with Crippen molar-refractivity contribution in [3.63, 3.8) is 0 Å². The number of fused-ring (bicyclic) bond motifs is 1. The van der Waals surface area contributed by atoms with Gasteiger partial charge in [-0.25, -0.2) is 9.97 Å². The molecule has 8 nitrogen and oxygen atoms in total. The minimum Gasteiger partial charge on any atom is -0.378 e. The fourth-order valence-electron chi connectivity index (χ4n) is 3.87. The topological polar surface area (TPSA) is 90.2 Å². The molecule has 3 aromatic rings. The predicted molar refractivity (Wildman–Crippen MR) is 117 cm³/mol. The van der Waals surface area contributed by atoms with Gasteiger partial charge >= 0.3 is 0 Å². The van der Waals surface area contributed by atoms with Gasteiger partial charge < -0.3 is 15.0 Å². The number of aromatic nitrogens is 3. The predicted octanol–water partition coefficient (Wildman–Crippen LogP) is 1.87. The molecule has 9 heteroatoms. The van der Waals surface area contributed by atoms with Crippen molar-refractivity contribution in [2.45, 2.75) is 6.54 Å². The molecule has 0 atom stereocenters. The van der Waals surface area contributed by atoms with Crippen molar-refractivity contribution >= 4 is 27.4 Å². The molecule has 2 saturated heterocycles. The van der Waals surface area contributed by atoms with Crippen molar-refractivity contribution in [1.29, 1.82) is 5.26 Å². The molecule has 2 aliphatic heterocycles. The maximum absolute atomic E-state index is 9.24. The lowest BCUT2D eigenvalue weighted by Crippen LogP contribution is -2.42. The van der Waals surface area contributed by atoms with E-state index in [1.54, 1.807) is 29.8 Å². The number of pyridine rings is 1. The number of hydrogen-bond donors (Lipinski definition) is 1. The molecule has 0 aromatic carbocycles. The second-order valence-electron chi connectivity index (χ2n) is 7.50. The normalized spacial score (nSPS) is 17.9. The van der Waals surface area contributed by atoms with Crippen LogP contribution in [0.2, 0.25) is 0 Å². The Kier molecular flexibility index (Phi) is 5.55. The largest absolute Gasteiger partial charge is 0.378 e. The number of morpholine rings is 1. The Bertz CT molecular complexity index is 1080. The van der Waals surface area contributed by atoms with Crippen molar-refractivity contribution in [2.24, 2.45) is 0 Å². The monoisotopic (exact) mass is 421 g/mol. The molecule has 0 radical (unpaired) electrons. The maximum Gasteiger partial charge on any atom is 0.163 e. The van der Waals surface area contributed by atoms with Gasteiger partial charge in [0.05, 0.1) is 29.0 Å². The van der Waals surface area contributed by atoms with Crippen LogP contribution in [-0.4, -0.2) is 72.3 Å². The Balaban J connectivity index is 1.56. The van der Waals surface area contributed by atoms with Crippen molar-refractivity contribution in [1.82, 2.24) is 25.2 Å². The fraction of sp³-hybridized carbons (Fsp3) is 0.429. The van der Waals surface area contributed by atoms with Gasteiger partial charge in [0, 0.05) is 68.6 Å². The molecule has 0 unspecified atom stereocenters. The van der Waals surface area contributed by atoms with E-state index < -0.39 is 0 Å². The highest BCUT2D eigenvalue weighted by molar-refractivity contribution is 7.19. The molecule has 3 aromatic heterocycles. The van der Waals surface area contributed by atoms with Crippen LogP contribution in [0.15, 0.2) is 24.5 Å². The zero-order valence-corrected chi connectivity index (χ0v) is 17.5. The third-order valence-corrected chi connectivity index (χ3v) is 6.53. The number of hydrogen-bond acceptors (Lipinski definition) is 9. The molecule has 0 saturated carbocycles. The first-order valence-corrected chi connectivity index (χ1v) is 11.0. The van der Waals surface area contributed by atoms with E-state index in [9.17, 15) is 5.26 Å². The zero-order valence-electron chi connectivity index (χ0n) is 16.7. The average molecular weight is 422 g/mol. The number of nitrogens with one attached hydrogen (secondary N) is 1. The molecular weight excluding hydrogens is 398 g/mol. The average Bonchev–Trinajstić information content (AvgIpc) is 3.22. The summed E-state index contributed by atoms with van der Waals surface area (Å²) in [5, 5.41) is 12.6. The van der Waals surface area contributed by atoms with Gasteiger partial charge in [0.2, 0.25) is 0 Å². The van der Waals surface area contributed by atoms with E-state index in [0.717, 1.165) is 67.4 Å². The van der Waals surface area contributed by atoms with Gasteiger partial charge in [-0.2, -0.15) is 5.26 Å². The highest BCUT2D eigenvalue weighted by Gasteiger charge is 2.21. The second kappa shape index (κ2) is 8.62. The number of ether oxygens (including phenoxy) is 1. The van der Waals surface area contributed by atoms with Crippen LogP contribution in [0.3, 0.4) is 0 Å². The molecule has 30 heavy (non-hydrogen) atoms. The number of rotatable bonds is 4. The van der Waals surface area contributed by atoms with E-state index in [0.29, 0.717) is 24.6 Å². The third-order valence-electron chi connectivity index (χ3n) is 5.43. The lowest BCUT2D eigenvalue weighted by molar-refractivity contribution is 0.122. The Hall–Kier alpha value is -2.64. The minimum absolute atomic E-state index is 0.508. The summed E-state index contributed by atoms with van der Waals surface area (Å²) in [6.07, 6.45) is 3.28. The number of nitrogens with zero attached hydrogens (tertiary/aromatic N) is 6. The van der Waals surface area contributed by atoms with Crippen LogP contribution >= 0.6 is 11.3 Å². The van der Waals surface area contributed by atoms with E-state index in [1.807, 2.05) is 0 Å². The van der Waals surface area contributed by atoms with Crippen LogP contribution < -0.4 is 10.2 Å². The summed E-state index contributed by atoms with van der Waals surface area (Å²) in [7, 11) is 0. The highest BCUT2D eigenvalue weighted by atomic mass is 32.1. The first-order chi connectivity index (χ1) is 14.8. The molecular formula is C21H23N7OS. The van der Waals surface area contributed by atoms with Gasteiger partial charge in [-0.1, -0.05) is 0 Å². The molecule has 154 valence electrons. The summed E-state index contributed by atoms with van der Waals surface area (Å²) in [6.45, 7) is 8.16. The second-order valence-corrected chi connectivity index (χ2v) is 8.63. The Morgan fingerprint density at radius 1 is 1.10 bits per heavy atom. The van der Waals surface area contributed by atoms with Gasteiger partial charge in [0.1, 0.15) is 6.07 Å². The number of nitriles is 1. The van der Waals surface area contributed by atoms with Crippen molar-refractivity contribution in [2.75, 3.05) is 57.4 Å². The van der Waals surface area contributed by atoms with E-state index in [-0.39, 0.29) is 0 Å². The molecule has 2 fully saturated rings. The summed E-state index contributed by atoms with van der Waals surface area (Å²) in [4.78, 5) is 20.0. The number of piperazine rings is 1. The van der Waals surface area contributed by atoms with E-state index in [4.69, 9.17) is 14.7 Å². The molecule has 2 aliphatic rings. The number of anilines is 1. The molecule has 5 rings (SSSR count). The zero-order chi connectivity index (χ0) is 20.3. The van der Waals surface area contributed by atoms with Gasteiger partial charge in [-0.15, -0.1) is 11.3 Å². The quantitative estimate of drug-likeness (QED) is 0.683. The smallest absolute Gasteiger partial charge is 0.163 e. The van der Waals surface area contributed by atoms with Gasteiger partial charge in [0.25, 0.3) is 0 Å². The molecule has 5 heterocycles. The van der Waals surface area contributed by atoms with Crippen LogP contribution in [0, 0.1) is 11.3 Å². The van der Waals surface area contributed by atoms with Crippen LogP contribution in [0.1, 0.15) is 10.4 Å². The minimum atomic E-state index is 0.508. The van der Waals surface area contributed by atoms with Gasteiger partial charge in [-0.3, -0.25) is 9.88 Å². The van der Waals surface area contributed by atoms with Crippen molar-refractivity contribution in [3.05, 3.63) is 35.0 Å². The SMILES string of the molecule is N#Cc1cncc(-c2nc(N3CCOCC3)c3sc(CN4CCNCC4)cc3n2)c1. The Morgan fingerprint density at radius 3 is 2.73 bits per heavy atom. The van der Waals surface area contributed by atoms with Crippen LogP contribution in [0.5, 0.6) is 0 Å². The van der Waals surface area contributed by atoms with Crippen molar-refractivity contribution < 1.29 is 4.74 Å². The maximum atomic E-state index is 9.24. The first kappa shape index (κ1) is 19.3. The lowest BCUT2D eigenvalue weighted by atomic mass is 10.2. The van der Waals surface area contributed by atoms with E-state index in [2.05, 4.69) is 32.2 Å². The molecule has 0 amide bonds. The Labute approximate surface area is 179 Å². The molecule has 0 bridgehead atoms. The van der Waals surface area contributed by atoms with Gasteiger partial charge in [-0.05, 0) is 12.1 Å². The summed E-state index contributed by atoms with van der Waals surface area (Å²) in [5.41, 5.74) is 2.23. The number of thiophene rings is 1. The summed E-state index contributed by atoms with van der Waals surface area (Å²) >= 11 is 1.79. The van der Waals surface area contributed by atoms with Crippen LogP contribution in [0.25, 0.3) is 21.6 Å². The van der Waals surface area contributed by atoms with Crippen LogP contribution in [-0.2, 0) is 11.3 Å². The van der Waals surface area contributed by atoms with E-state index >= 15 is 0 Å². The van der Waals surface area contributed by atoms with E-state index in [1.165, 1.54) is 4.88 Å². The van der Waals surface area contributed by atoms with Crippen molar-refractivity contribution in [3.8, 4) is 17.5 Å². The standard InChI is InChI=1S/C21H23N7OS/c22-11-15-9-16(13-24-12-15)20-25-18-10-17(14-27-3-1-23-2-4-27)30-19(18)21(26-20)28-5-7-29-8-6-28/h9-10,12-13,23H,1-8,14H2. The Morgan fingerprint density at radius 2 is 1.93 bits per heavy atom. The molecule has 0 aliphatic carbocycles. The summed E-state index contributed by atoms with van der Waals surface area (Å²) in [5.74, 6) is 1.57. The lowest BCUT2D eigenvalue weighted by Gasteiger charge is -2.28. The summed E-state index contributed by atoms with van der Waals surface area (Å²) < 4.78 is 6.66. The van der Waals surface area contributed by atoms with Gasteiger partial charge in [0.15, 0.2) is 11.6 Å². The van der Waals surface area contributed by atoms with Crippen LogP contribution in [0.4, 0.5) is 5.82 Å². The fourth-order valence-corrected chi connectivity index (χ4v) is 5.03. The molecule has 0 spiro atoms.